The number of hydrogen-bond acceptors (Lipinski definition) is 4. The van der Waals surface area contributed by atoms with Crippen LogP contribution >= 0.6 is 0 Å². The van der Waals surface area contributed by atoms with Crippen LogP contribution in [0.2, 0.25) is 0 Å². The van der Waals surface area contributed by atoms with Crippen LogP contribution in [0.15, 0.2) is 0 Å². The summed E-state index contributed by atoms with van der Waals surface area (Å²) in [6.07, 6.45) is 1.08. The lowest BCUT2D eigenvalue weighted by Gasteiger charge is -2.40. The molecule has 5 heteroatoms. The number of carbonyl (C=O) groups excluding carboxylic acids is 1. The van der Waals surface area contributed by atoms with E-state index in [0.29, 0.717) is 39.1 Å². The third-order valence-corrected chi connectivity index (χ3v) is 3.68. The van der Waals surface area contributed by atoms with Crippen molar-refractivity contribution in [2.75, 3.05) is 26.3 Å². The van der Waals surface area contributed by atoms with Gasteiger partial charge in [0.25, 0.3) is 0 Å². The molecule has 100 valence electrons. The predicted octanol–water partition coefficient (Wildman–Crippen LogP) is 0.943. The molecule has 0 aliphatic carbocycles. The molecule has 18 heavy (non-hydrogen) atoms. The Hall–Kier alpha value is -1.12. The van der Waals surface area contributed by atoms with Gasteiger partial charge in [0.1, 0.15) is 5.41 Å². The van der Waals surface area contributed by atoms with Crippen molar-refractivity contribution in [3.05, 3.63) is 0 Å². The Kier molecular flexibility index (Phi) is 3.88. The molecule has 2 unspecified atom stereocenters. The zero-order valence-corrected chi connectivity index (χ0v) is 11.0. The van der Waals surface area contributed by atoms with Crippen LogP contribution in [0.25, 0.3) is 0 Å². The van der Waals surface area contributed by atoms with Gasteiger partial charge in [0.15, 0.2) is 0 Å². The van der Waals surface area contributed by atoms with E-state index in [2.05, 4.69) is 6.07 Å². The molecule has 0 N–H and O–H groups in total. The van der Waals surface area contributed by atoms with Crippen LogP contribution < -0.4 is 0 Å². The van der Waals surface area contributed by atoms with E-state index in [9.17, 15) is 10.1 Å². The first-order chi connectivity index (χ1) is 8.57. The third-order valence-electron chi connectivity index (χ3n) is 3.68. The van der Waals surface area contributed by atoms with Gasteiger partial charge in [-0.15, -0.1) is 0 Å². The van der Waals surface area contributed by atoms with Crippen LogP contribution in [0.3, 0.4) is 0 Å². The predicted molar refractivity (Wildman–Crippen MR) is 64.7 cm³/mol. The highest BCUT2D eigenvalue weighted by Gasteiger charge is 2.44. The number of carbonyl (C=O) groups is 1. The minimum absolute atomic E-state index is 0.0354. The minimum Gasteiger partial charge on any atom is -0.381 e. The Morgan fingerprint density at radius 3 is 2.33 bits per heavy atom. The molecule has 2 rings (SSSR count). The zero-order chi connectivity index (χ0) is 13.2. The van der Waals surface area contributed by atoms with Crippen LogP contribution in [0.4, 0.5) is 0 Å². The molecule has 0 spiro atoms. The molecule has 2 heterocycles. The second kappa shape index (κ2) is 5.25. The van der Waals surface area contributed by atoms with Crippen molar-refractivity contribution in [1.82, 2.24) is 4.90 Å². The van der Waals surface area contributed by atoms with Gasteiger partial charge >= 0.3 is 0 Å². The minimum atomic E-state index is -0.880. The van der Waals surface area contributed by atoms with Crippen LogP contribution in [-0.2, 0) is 14.3 Å². The summed E-state index contributed by atoms with van der Waals surface area (Å²) in [5, 5.41) is 9.39. The highest BCUT2D eigenvalue weighted by molar-refractivity contribution is 5.85. The van der Waals surface area contributed by atoms with Crippen LogP contribution in [0, 0.1) is 16.7 Å². The van der Waals surface area contributed by atoms with Crippen LogP contribution in [0.5, 0.6) is 0 Å². The van der Waals surface area contributed by atoms with Crippen LogP contribution in [-0.4, -0.2) is 49.3 Å². The Morgan fingerprint density at radius 1 is 1.28 bits per heavy atom. The van der Waals surface area contributed by atoms with Crippen molar-refractivity contribution >= 4 is 5.91 Å². The standard InChI is InChI=1S/C13H20N2O3/c1-10-7-15(8-11(2)18-10)12(16)13(9-14)3-5-17-6-4-13/h10-11H,3-8H2,1-2H3. The molecule has 2 aliphatic rings. The first-order valence-corrected chi connectivity index (χ1v) is 6.51. The molecule has 0 aromatic carbocycles. The molecule has 2 saturated heterocycles. The molecule has 2 aliphatic heterocycles. The zero-order valence-electron chi connectivity index (χ0n) is 11.0. The van der Waals surface area contributed by atoms with E-state index in [1.165, 1.54) is 0 Å². The summed E-state index contributed by atoms with van der Waals surface area (Å²) in [6, 6.07) is 2.23. The maximum atomic E-state index is 12.6. The van der Waals surface area contributed by atoms with E-state index in [1.807, 2.05) is 13.8 Å². The van der Waals surface area contributed by atoms with Gasteiger partial charge in [-0.05, 0) is 26.7 Å². The number of nitriles is 1. The molecule has 0 radical (unpaired) electrons. The lowest BCUT2D eigenvalue weighted by atomic mass is 9.80. The molecule has 2 atom stereocenters. The van der Waals surface area contributed by atoms with Gasteiger partial charge in [-0.2, -0.15) is 5.26 Å². The average Bonchev–Trinajstić information content (AvgIpc) is 2.37. The van der Waals surface area contributed by atoms with Gasteiger partial charge in [0.05, 0.1) is 18.3 Å². The van der Waals surface area contributed by atoms with E-state index in [-0.39, 0.29) is 18.1 Å². The second-order valence-corrected chi connectivity index (χ2v) is 5.27. The summed E-state index contributed by atoms with van der Waals surface area (Å²) in [7, 11) is 0. The van der Waals surface area contributed by atoms with Crippen molar-refractivity contribution in [3.63, 3.8) is 0 Å². The highest BCUT2D eigenvalue weighted by Crippen LogP contribution is 2.32. The SMILES string of the molecule is CC1CN(C(=O)C2(C#N)CCOCC2)CC(C)O1. The highest BCUT2D eigenvalue weighted by atomic mass is 16.5. The lowest BCUT2D eigenvalue weighted by Crippen LogP contribution is -2.54. The van der Waals surface area contributed by atoms with Gasteiger partial charge in [0.2, 0.25) is 5.91 Å². The number of rotatable bonds is 1. The first-order valence-electron chi connectivity index (χ1n) is 6.51. The van der Waals surface area contributed by atoms with E-state index < -0.39 is 5.41 Å². The fourth-order valence-corrected chi connectivity index (χ4v) is 2.74. The first kappa shape index (κ1) is 13.3. The van der Waals surface area contributed by atoms with Gasteiger partial charge in [-0.3, -0.25) is 4.79 Å². The third kappa shape index (κ3) is 2.50. The molecule has 5 nitrogen and oxygen atoms in total. The van der Waals surface area contributed by atoms with Crippen molar-refractivity contribution in [2.24, 2.45) is 5.41 Å². The van der Waals surface area contributed by atoms with E-state index in [0.717, 1.165) is 0 Å². The Labute approximate surface area is 108 Å². The second-order valence-electron chi connectivity index (χ2n) is 5.27. The van der Waals surface area contributed by atoms with Gasteiger partial charge in [-0.25, -0.2) is 0 Å². The molecule has 0 aromatic heterocycles. The largest absolute Gasteiger partial charge is 0.381 e. The maximum absolute atomic E-state index is 12.6. The van der Waals surface area contributed by atoms with Crippen LogP contribution in [0.1, 0.15) is 26.7 Å². The Balaban J connectivity index is 2.11. The summed E-state index contributed by atoms with van der Waals surface area (Å²) in [6.45, 7) is 6.06. The fourth-order valence-electron chi connectivity index (χ4n) is 2.74. The molecular weight excluding hydrogens is 232 g/mol. The smallest absolute Gasteiger partial charge is 0.243 e. The van der Waals surface area contributed by atoms with Crippen molar-refractivity contribution < 1.29 is 14.3 Å². The fraction of sp³-hybridized carbons (Fsp3) is 0.846. The number of hydrogen-bond donors (Lipinski definition) is 0. The molecule has 1 amide bonds. The molecule has 2 fully saturated rings. The summed E-state index contributed by atoms with van der Waals surface area (Å²) >= 11 is 0. The number of nitrogens with zero attached hydrogens (tertiary/aromatic N) is 2. The number of ether oxygens (including phenoxy) is 2. The molecule has 0 saturated carbocycles. The normalized spacial score (nSPS) is 31.7. The van der Waals surface area contributed by atoms with Crippen molar-refractivity contribution in [2.45, 2.75) is 38.9 Å². The van der Waals surface area contributed by atoms with E-state index in [1.54, 1.807) is 4.90 Å². The molecular formula is C13H20N2O3. The summed E-state index contributed by atoms with van der Waals surface area (Å²) < 4.78 is 10.9. The van der Waals surface area contributed by atoms with Gasteiger partial charge < -0.3 is 14.4 Å². The number of morpholine rings is 1. The topological polar surface area (TPSA) is 62.6 Å². The van der Waals surface area contributed by atoms with Crippen molar-refractivity contribution in [3.8, 4) is 6.07 Å². The molecule has 0 aromatic rings. The monoisotopic (exact) mass is 252 g/mol. The summed E-state index contributed by atoms with van der Waals surface area (Å²) in [5.41, 5.74) is -0.880. The quantitative estimate of drug-likeness (QED) is 0.697. The van der Waals surface area contributed by atoms with Gasteiger partial charge in [-0.1, -0.05) is 0 Å². The Bertz CT molecular complexity index is 348. The maximum Gasteiger partial charge on any atom is 0.243 e. The van der Waals surface area contributed by atoms with Gasteiger partial charge in [0, 0.05) is 26.3 Å². The Morgan fingerprint density at radius 2 is 1.83 bits per heavy atom. The lowest BCUT2D eigenvalue weighted by molar-refractivity contribution is -0.154. The molecule has 0 bridgehead atoms. The van der Waals surface area contributed by atoms with Crippen molar-refractivity contribution in [1.29, 1.82) is 5.26 Å². The summed E-state index contributed by atoms with van der Waals surface area (Å²) in [4.78, 5) is 14.4. The van der Waals surface area contributed by atoms with E-state index >= 15 is 0 Å². The average molecular weight is 252 g/mol. The summed E-state index contributed by atoms with van der Waals surface area (Å²) in [5.74, 6) is -0.0460. The number of amides is 1. The van der Waals surface area contributed by atoms with E-state index in [4.69, 9.17) is 9.47 Å².